The third kappa shape index (κ3) is 1.77. The van der Waals surface area contributed by atoms with Gasteiger partial charge in [-0.25, -0.2) is 0 Å². The van der Waals surface area contributed by atoms with Crippen LogP contribution in [0.5, 0.6) is 0 Å². The minimum atomic E-state index is -0.180. The molecule has 0 bridgehead atoms. The number of ketones is 2. The van der Waals surface area contributed by atoms with Crippen LogP contribution < -0.4 is 0 Å². The predicted molar refractivity (Wildman–Crippen MR) is 81.7 cm³/mol. The Labute approximate surface area is 128 Å². The maximum atomic E-state index is 12.8. The Bertz CT molecular complexity index is 496. The molecule has 4 saturated carbocycles. The van der Waals surface area contributed by atoms with Gasteiger partial charge in [0, 0.05) is 11.8 Å². The Balaban J connectivity index is 1.69. The van der Waals surface area contributed by atoms with Gasteiger partial charge in [-0.15, -0.1) is 0 Å². The molecular weight excluding hydrogens is 260 g/mol. The highest BCUT2D eigenvalue weighted by Gasteiger charge is 2.60. The molecule has 4 aliphatic carbocycles. The van der Waals surface area contributed by atoms with E-state index in [2.05, 4.69) is 13.8 Å². The third-order valence-electron chi connectivity index (χ3n) is 8.12. The lowest BCUT2D eigenvalue weighted by molar-refractivity contribution is -0.158. The van der Waals surface area contributed by atoms with Crippen LogP contribution in [0.2, 0.25) is 0 Å². The number of carbonyl (C=O) groups is 2. The molecule has 0 spiro atoms. The number of hydrogen-bond donors (Lipinski definition) is 0. The molecule has 2 heteroatoms. The first kappa shape index (κ1) is 14.0. The first-order chi connectivity index (χ1) is 9.95. The van der Waals surface area contributed by atoms with E-state index in [1.165, 1.54) is 38.5 Å². The van der Waals surface area contributed by atoms with Gasteiger partial charge in [-0.05, 0) is 67.6 Å². The van der Waals surface area contributed by atoms with E-state index in [0.717, 1.165) is 18.3 Å². The van der Waals surface area contributed by atoms with Gasteiger partial charge in [0.2, 0.25) is 0 Å². The van der Waals surface area contributed by atoms with Crippen molar-refractivity contribution in [2.75, 3.05) is 0 Å². The van der Waals surface area contributed by atoms with Gasteiger partial charge in [0.15, 0.2) is 0 Å². The molecule has 4 aliphatic rings. The van der Waals surface area contributed by atoms with Crippen molar-refractivity contribution < 1.29 is 9.59 Å². The highest BCUT2D eigenvalue weighted by Crippen LogP contribution is 2.65. The molecule has 0 aliphatic heterocycles. The lowest BCUT2D eigenvalue weighted by Crippen LogP contribution is -2.56. The Kier molecular flexibility index (Phi) is 2.94. The highest BCUT2D eigenvalue weighted by atomic mass is 16.2. The van der Waals surface area contributed by atoms with Crippen LogP contribution in [0.3, 0.4) is 0 Å². The van der Waals surface area contributed by atoms with E-state index < -0.39 is 0 Å². The minimum absolute atomic E-state index is 0.180. The van der Waals surface area contributed by atoms with Gasteiger partial charge >= 0.3 is 0 Å². The van der Waals surface area contributed by atoms with Gasteiger partial charge in [-0.1, -0.05) is 20.3 Å². The summed E-state index contributed by atoms with van der Waals surface area (Å²) >= 11 is 0. The fourth-order valence-electron chi connectivity index (χ4n) is 6.89. The zero-order valence-corrected chi connectivity index (χ0v) is 13.5. The molecule has 0 heterocycles. The predicted octanol–water partition coefficient (Wildman–Crippen LogP) is 4.17. The summed E-state index contributed by atoms with van der Waals surface area (Å²) in [6.45, 7) is 4.72. The smallest absolute Gasteiger partial charge is 0.146 e. The van der Waals surface area contributed by atoms with Crippen molar-refractivity contribution in [1.82, 2.24) is 0 Å². The summed E-state index contributed by atoms with van der Waals surface area (Å²) in [6, 6.07) is 0. The van der Waals surface area contributed by atoms with Gasteiger partial charge in [0.25, 0.3) is 0 Å². The number of rotatable bonds is 0. The summed E-state index contributed by atoms with van der Waals surface area (Å²) < 4.78 is 0. The van der Waals surface area contributed by atoms with Crippen molar-refractivity contribution >= 4 is 11.6 Å². The molecule has 0 N–H and O–H groups in total. The summed E-state index contributed by atoms with van der Waals surface area (Å²) in [6.07, 6.45) is 9.97. The molecule has 0 aromatic carbocycles. The quantitative estimate of drug-likeness (QED) is 0.627. The van der Waals surface area contributed by atoms with Crippen molar-refractivity contribution in [1.29, 1.82) is 0 Å². The first-order valence-corrected chi connectivity index (χ1v) is 9.00. The maximum absolute atomic E-state index is 12.8. The normalized spacial score (nSPS) is 53.0. The Morgan fingerprint density at radius 1 is 0.952 bits per heavy atom. The van der Waals surface area contributed by atoms with Crippen LogP contribution in [-0.4, -0.2) is 11.6 Å². The van der Waals surface area contributed by atoms with Crippen molar-refractivity contribution in [2.45, 2.75) is 71.6 Å². The molecule has 0 unspecified atom stereocenters. The SMILES string of the molecule is C[C@@]12CCC[C@H]1[C@@H]1CC[C@H]3CC(=O)CC(=O)[C@]3(C)[C@H]1CC2. The number of carbonyl (C=O) groups excluding carboxylic acids is 2. The average molecular weight is 288 g/mol. The Morgan fingerprint density at radius 2 is 1.76 bits per heavy atom. The summed E-state index contributed by atoms with van der Waals surface area (Å²) in [4.78, 5) is 24.6. The molecule has 0 saturated heterocycles. The van der Waals surface area contributed by atoms with E-state index in [9.17, 15) is 9.59 Å². The summed E-state index contributed by atoms with van der Waals surface area (Å²) in [5, 5.41) is 0. The molecule has 0 amide bonds. The largest absolute Gasteiger partial charge is 0.299 e. The highest BCUT2D eigenvalue weighted by molar-refractivity contribution is 6.04. The van der Waals surface area contributed by atoms with Crippen molar-refractivity contribution in [3.8, 4) is 0 Å². The second kappa shape index (κ2) is 4.43. The summed E-state index contributed by atoms with van der Waals surface area (Å²) in [5.74, 6) is 2.98. The molecule has 4 fully saturated rings. The zero-order valence-electron chi connectivity index (χ0n) is 13.5. The van der Waals surface area contributed by atoms with Crippen LogP contribution in [0, 0.1) is 34.5 Å². The Hall–Kier alpha value is -0.660. The first-order valence-electron chi connectivity index (χ1n) is 9.00. The topological polar surface area (TPSA) is 34.1 Å². The number of hydrogen-bond acceptors (Lipinski definition) is 2. The van der Waals surface area contributed by atoms with E-state index in [0.29, 0.717) is 23.7 Å². The fourth-order valence-corrected chi connectivity index (χ4v) is 6.89. The molecule has 0 aromatic heterocycles. The molecular formula is C19H28O2. The average Bonchev–Trinajstić information content (AvgIpc) is 2.82. The fraction of sp³-hybridized carbons (Fsp3) is 0.895. The second-order valence-corrected chi connectivity index (χ2v) is 8.86. The van der Waals surface area contributed by atoms with E-state index in [4.69, 9.17) is 0 Å². The monoisotopic (exact) mass is 288 g/mol. The van der Waals surface area contributed by atoms with Crippen LogP contribution in [0.1, 0.15) is 71.6 Å². The number of fused-ring (bicyclic) bond motifs is 5. The van der Waals surface area contributed by atoms with Gasteiger partial charge in [0.05, 0.1) is 6.42 Å². The van der Waals surface area contributed by atoms with Crippen molar-refractivity contribution in [3.05, 3.63) is 0 Å². The lowest BCUT2D eigenvalue weighted by Gasteiger charge is -2.58. The molecule has 6 atom stereocenters. The standard InChI is InChI=1S/C19H28O2/c1-18-8-3-4-15(18)14-6-5-12-10-13(20)11-17(21)19(12,2)16(14)7-9-18/h12,14-16H,3-11H2,1-2H3/t12-,14-,15-,16-,18-,19-/m0/s1. The molecule has 4 rings (SSSR count). The molecule has 0 aromatic rings. The van der Waals surface area contributed by atoms with Gasteiger partial charge in [-0.3, -0.25) is 9.59 Å². The van der Waals surface area contributed by atoms with E-state index >= 15 is 0 Å². The van der Waals surface area contributed by atoms with Gasteiger partial charge < -0.3 is 0 Å². The van der Waals surface area contributed by atoms with Crippen molar-refractivity contribution in [2.24, 2.45) is 34.5 Å². The van der Waals surface area contributed by atoms with E-state index in [1.807, 2.05) is 0 Å². The summed E-state index contributed by atoms with van der Waals surface area (Å²) in [7, 11) is 0. The molecule has 21 heavy (non-hydrogen) atoms. The number of Topliss-reactive ketones (excluding diaryl/α,β-unsaturated/α-hetero) is 2. The van der Waals surface area contributed by atoms with Crippen LogP contribution >= 0.6 is 0 Å². The van der Waals surface area contributed by atoms with Crippen LogP contribution in [-0.2, 0) is 9.59 Å². The molecule has 0 radical (unpaired) electrons. The minimum Gasteiger partial charge on any atom is -0.299 e. The lowest BCUT2D eigenvalue weighted by atomic mass is 9.45. The summed E-state index contributed by atoms with van der Waals surface area (Å²) in [5.41, 5.74) is 0.374. The van der Waals surface area contributed by atoms with Crippen molar-refractivity contribution in [3.63, 3.8) is 0 Å². The molecule has 2 nitrogen and oxygen atoms in total. The zero-order chi connectivity index (χ0) is 14.8. The van der Waals surface area contributed by atoms with Crippen LogP contribution in [0.15, 0.2) is 0 Å². The maximum Gasteiger partial charge on any atom is 0.146 e. The van der Waals surface area contributed by atoms with E-state index in [1.54, 1.807) is 0 Å². The van der Waals surface area contributed by atoms with E-state index in [-0.39, 0.29) is 23.4 Å². The Morgan fingerprint density at radius 3 is 2.57 bits per heavy atom. The van der Waals surface area contributed by atoms with Gasteiger partial charge in [-0.2, -0.15) is 0 Å². The van der Waals surface area contributed by atoms with Crippen LogP contribution in [0.4, 0.5) is 0 Å². The van der Waals surface area contributed by atoms with Gasteiger partial charge in [0.1, 0.15) is 11.6 Å². The second-order valence-electron chi connectivity index (χ2n) is 8.86. The third-order valence-corrected chi connectivity index (χ3v) is 8.12. The van der Waals surface area contributed by atoms with Crippen LogP contribution in [0.25, 0.3) is 0 Å². The molecule has 116 valence electrons.